The summed E-state index contributed by atoms with van der Waals surface area (Å²) >= 11 is 12.8. The summed E-state index contributed by atoms with van der Waals surface area (Å²) in [5.74, 6) is -0.132. The summed E-state index contributed by atoms with van der Waals surface area (Å²) in [6.45, 7) is 4.31. The van der Waals surface area contributed by atoms with Gasteiger partial charge >= 0.3 is 0 Å². The van der Waals surface area contributed by atoms with Crippen molar-refractivity contribution in [3.8, 4) is 11.5 Å². The Morgan fingerprint density at radius 3 is 1.35 bits per heavy atom. The minimum absolute atomic E-state index is 0.0669. The molecule has 200 valence electrons. The quantitative estimate of drug-likeness (QED) is 0.245. The molecule has 0 atom stereocenters. The monoisotopic (exact) mass is 568 g/mol. The van der Waals surface area contributed by atoms with Crippen LogP contribution in [0.15, 0.2) is 84.9 Å². The van der Waals surface area contributed by atoms with E-state index in [2.05, 4.69) is 0 Å². The molecule has 1 fully saturated rings. The molecule has 6 heteroatoms. The number of ether oxygens (including phenoxy) is 2. The van der Waals surface area contributed by atoms with Crippen molar-refractivity contribution in [1.29, 1.82) is 0 Å². The number of benzene rings is 4. The highest BCUT2D eigenvalue weighted by Crippen LogP contribution is 2.76. The molecule has 2 spiro atoms. The molecule has 4 aromatic carbocycles. The lowest BCUT2D eigenvalue weighted by Crippen LogP contribution is -2.72. The van der Waals surface area contributed by atoms with Crippen molar-refractivity contribution in [3.05, 3.63) is 128 Å². The predicted octanol–water partition coefficient (Wildman–Crippen LogP) is 8.01. The first kappa shape index (κ1) is 25.4. The van der Waals surface area contributed by atoms with Crippen molar-refractivity contribution < 1.29 is 19.1 Å². The third kappa shape index (κ3) is 3.39. The van der Waals surface area contributed by atoms with Gasteiger partial charge in [0.25, 0.3) is 0 Å². The van der Waals surface area contributed by atoms with Crippen LogP contribution in [-0.2, 0) is 0 Å². The van der Waals surface area contributed by atoms with Crippen molar-refractivity contribution >= 4 is 34.8 Å². The van der Waals surface area contributed by atoms with Gasteiger partial charge in [-0.15, -0.1) is 0 Å². The minimum atomic E-state index is -1.06. The van der Waals surface area contributed by atoms with Crippen LogP contribution >= 0.6 is 23.2 Å². The van der Waals surface area contributed by atoms with E-state index in [-0.39, 0.29) is 24.8 Å². The molecule has 0 radical (unpaired) electrons. The van der Waals surface area contributed by atoms with Gasteiger partial charge in [0, 0.05) is 21.9 Å². The average molecular weight is 569 g/mol. The number of halogens is 2. The highest BCUT2D eigenvalue weighted by molar-refractivity contribution is 6.31. The van der Waals surface area contributed by atoms with Crippen LogP contribution < -0.4 is 9.47 Å². The first-order chi connectivity index (χ1) is 19.3. The lowest BCUT2D eigenvalue weighted by molar-refractivity contribution is -0.107. The number of rotatable bonds is 2. The number of hydrogen-bond donors (Lipinski definition) is 0. The van der Waals surface area contributed by atoms with Gasteiger partial charge in [-0.2, -0.15) is 0 Å². The zero-order valence-electron chi connectivity index (χ0n) is 22.0. The Morgan fingerprint density at radius 2 is 0.975 bits per heavy atom. The van der Waals surface area contributed by atoms with Crippen LogP contribution in [0.5, 0.6) is 11.5 Å². The third-order valence-corrected chi connectivity index (χ3v) is 9.50. The SMILES string of the molecule is Cc1ccc(C2C3(COc4ccc(Cl)cc4C3=O)C(c3ccc(C)cc3)C23COc2ccc(Cl)cc2C3=O)cc1. The van der Waals surface area contributed by atoms with Crippen molar-refractivity contribution in [2.75, 3.05) is 13.2 Å². The van der Waals surface area contributed by atoms with Gasteiger partial charge in [-0.25, -0.2) is 0 Å². The second-order valence-electron chi connectivity index (χ2n) is 11.3. The van der Waals surface area contributed by atoms with E-state index in [4.69, 9.17) is 32.7 Å². The second-order valence-corrected chi connectivity index (χ2v) is 12.2. The molecule has 3 aliphatic rings. The van der Waals surface area contributed by atoms with E-state index < -0.39 is 22.7 Å². The summed E-state index contributed by atoms with van der Waals surface area (Å²) in [6.07, 6.45) is 0. The standard InChI is InChI=1S/C34H26Cl2O4/c1-19-3-7-21(8-4-19)29-33(17-39-27-13-11-23(35)15-25(27)31(33)37)30(22-9-5-20(2)6-10-22)34(29)18-40-28-14-12-24(36)16-26(28)32(34)38/h3-16,29-30H,17-18H2,1-2H3. The molecule has 1 aliphatic carbocycles. The summed E-state index contributed by atoms with van der Waals surface area (Å²) in [4.78, 5) is 29.6. The van der Waals surface area contributed by atoms with E-state index in [9.17, 15) is 9.59 Å². The van der Waals surface area contributed by atoms with Crippen LogP contribution in [0.3, 0.4) is 0 Å². The fourth-order valence-electron chi connectivity index (χ4n) is 7.36. The smallest absolute Gasteiger partial charge is 0.177 e. The number of carbonyl (C=O) groups excluding carboxylic acids is 2. The topological polar surface area (TPSA) is 52.6 Å². The first-order valence-electron chi connectivity index (χ1n) is 13.3. The van der Waals surface area contributed by atoms with Gasteiger partial charge < -0.3 is 9.47 Å². The van der Waals surface area contributed by atoms with E-state index in [1.165, 1.54) is 0 Å². The Balaban J connectivity index is 1.51. The molecule has 0 aromatic heterocycles. The molecule has 0 bridgehead atoms. The van der Waals surface area contributed by atoms with Gasteiger partial charge in [0.15, 0.2) is 11.6 Å². The first-order valence-corrected chi connectivity index (χ1v) is 14.1. The molecule has 2 heterocycles. The van der Waals surface area contributed by atoms with Crippen LogP contribution in [0.2, 0.25) is 10.0 Å². The lowest BCUT2D eigenvalue weighted by Gasteiger charge is -2.68. The molecule has 7 rings (SSSR count). The van der Waals surface area contributed by atoms with Gasteiger partial charge in [0.2, 0.25) is 0 Å². The van der Waals surface area contributed by atoms with Crippen molar-refractivity contribution in [2.45, 2.75) is 25.7 Å². The normalized spacial score (nSPS) is 26.5. The maximum absolute atomic E-state index is 14.8. The van der Waals surface area contributed by atoms with Crippen molar-refractivity contribution in [2.24, 2.45) is 10.8 Å². The number of Topliss-reactive ketones (excluding diaryl/α,β-unsaturated/α-hetero) is 2. The highest BCUT2D eigenvalue weighted by atomic mass is 35.5. The van der Waals surface area contributed by atoms with Crippen molar-refractivity contribution in [1.82, 2.24) is 0 Å². The Labute approximate surface area is 242 Å². The van der Waals surface area contributed by atoms with E-state index in [0.717, 1.165) is 22.3 Å². The molecule has 0 unspecified atom stereocenters. The number of hydrogen-bond acceptors (Lipinski definition) is 4. The maximum atomic E-state index is 14.8. The molecular weight excluding hydrogens is 543 g/mol. The van der Waals surface area contributed by atoms with Crippen LogP contribution in [0.4, 0.5) is 0 Å². The Kier molecular flexibility index (Phi) is 5.68. The van der Waals surface area contributed by atoms with Gasteiger partial charge in [0.05, 0.1) is 22.0 Å². The second kappa shape index (κ2) is 8.95. The predicted molar refractivity (Wildman–Crippen MR) is 155 cm³/mol. The number of aryl methyl sites for hydroxylation is 2. The van der Waals surface area contributed by atoms with E-state index in [1.807, 2.05) is 62.4 Å². The summed E-state index contributed by atoms with van der Waals surface area (Å²) in [6, 6.07) is 26.5. The number of ketones is 2. The number of fused-ring (bicyclic) bond motifs is 2. The van der Waals surface area contributed by atoms with Gasteiger partial charge in [-0.3, -0.25) is 9.59 Å². The minimum Gasteiger partial charge on any atom is -0.492 e. The van der Waals surface area contributed by atoms with E-state index in [1.54, 1.807) is 36.4 Å². The molecule has 1 saturated carbocycles. The summed E-state index contributed by atoms with van der Waals surface area (Å²) in [7, 11) is 0. The zero-order valence-corrected chi connectivity index (χ0v) is 23.6. The molecule has 4 aromatic rings. The number of carbonyl (C=O) groups is 2. The van der Waals surface area contributed by atoms with E-state index >= 15 is 0 Å². The molecule has 0 N–H and O–H groups in total. The van der Waals surface area contributed by atoms with Crippen LogP contribution in [0, 0.1) is 24.7 Å². The zero-order chi connectivity index (χ0) is 27.8. The molecule has 40 heavy (non-hydrogen) atoms. The molecule has 2 aliphatic heterocycles. The van der Waals surface area contributed by atoms with E-state index in [0.29, 0.717) is 32.7 Å². The summed E-state index contributed by atoms with van der Waals surface area (Å²) < 4.78 is 12.7. The largest absolute Gasteiger partial charge is 0.492 e. The molecule has 0 saturated heterocycles. The summed E-state index contributed by atoms with van der Waals surface area (Å²) in [5.41, 5.74) is 2.75. The molecule has 0 amide bonds. The Morgan fingerprint density at radius 1 is 0.600 bits per heavy atom. The summed E-state index contributed by atoms with van der Waals surface area (Å²) in [5, 5.41) is 0.919. The van der Waals surface area contributed by atoms with Crippen LogP contribution in [0.1, 0.15) is 54.8 Å². The Hall–Kier alpha value is -3.60. The third-order valence-electron chi connectivity index (χ3n) is 9.03. The molecular formula is C34H26Cl2O4. The average Bonchev–Trinajstić information content (AvgIpc) is 2.94. The Bertz CT molecular complexity index is 1560. The molecule has 4 nitrogen and oxygen atoms in total. The van der Waals surface area contributed by atoms with Gasteiger partial charge in [-0.05, 0) is 61.4 Å². The maximum Gasteiger partial charge on any atom is 0.177 e. The van der Waals surface area contributed by atoms with Crippen LogP contribution in [-0.4, -0.2) is 24.8 Å². The fraction of sp³-hybridized carbons (Fsp3) is 0.235. The highest BCUT2D eigenvalue weighted by Gasteiger charge is 2.79. The van der Waals surface area contributed by atoms with Gasteiger partial charge in [-0.1, -0.05) is 82.9 Å². The van der Waals surface area contributed by atoms with Crippen LogP contribution in [0.25, 0.3) is 0 Å². The van der Waals surface area contributed by atoms with Gasteiger partial charge in [0.1, 0.15) is 24.7 Å². The van der Waals surface area contributed by atoms with Crippen molar-refractivity contribution in [3.63, 3.8) is 0 Å². The lowest BCUT2D eigenvalue weighted by atomic mass is 9.33. The fourth-order valence-corrected chi connectivity index (χ4v) is 7.70.